The second kappa shape index (κ2) is 12.0. The van der Waals surface area contributed by atoms with E-state index in [4.69, 9.17) is 0 Å². The third-order valence-corrected chi connectivity index (χ3v) is 7.72. The topological polar surface area (TPSA) is 59.8 Å². The molecule has 1 amide bonds. The molecule has 1 saturated carbocycles. The minimum atomic E-state index is 0.123. The van der Waals surface area contributed by atoms with Crippen LogP contribution in [-0.2, 0) is 23.5 Å². The normalized spacial score (nSPS) is 15.7. The highest BCUT2D eigenvalue weighted by atomic mass is 32.2. The van der Waals surface area contributed by atoms with E-state index in [9.17, 15) is 4.79 Å². The Morgan fingerprint density at radius 1 is 1.12 bits per heavy atom. The summed E-state index contributed by atoms with van der Waals surface area (Å²) in [4.78, 5) is 12.5. The minimum absolute atomic E-state index is 0.123. The summed E-state index contributed by atoms with van der Waals surface area (Å²) in [5.74, 6) is 2.40. The molecule has 1 fully saturated rings. The molecular weight excluding hydrogens is 428 g/mol. The van der Waals surface area contributed by atoms with Crippen LogP contribution < -0.4 is 5.32 Å². The number of hydrogen-bond donors (Lipinski definition) is 1. The molecule has 3 rings (SSSR count). The fraction of sp³-hybridized carbons (Fsp3) is 0.667. The molecule has 0 aliphatic heterocycles. The molecule has 0 spiro atoms. The van der Waals surface area contributed by atoms with E-state index in [1.807, 2.05) is 0 Å². The average Bonchev–Trinajstić information content (AvgIpc) is 3.11. The number of rotatable bonds is 11. The molecule has 33 heavy (non-hydrogen) atoms. The fourth-order valence-corrected chi connectivity index (χ4v) is 5.83. The maximum absolute atomic E-state index is 12.5. The highest BCUT2D eigenvalue weighted by Gasteiger charge is 2.26. The first-order valence-electron chi connectivity index (χ1n) is 12.6. The number of amides is 1. The maximum atomic E-state index is 12.5. The molecule has 1 aromatic carbocycles. The van der Waals surface area contributed by atoms with Crippen molar-refractivity contribution < 1.29 is 4.79 Å². The van der Waals surface area contributed by atoms with Crippen LogP contribution in [0, 0.1) is 25.2 Å². The van der Waals surface area contributed by atoms with Crippen LogP contribution in [0.25, 0.3) is 0 Å². The number of nitrogens with zero attached hydrogens (tertiary/aromatic N) is 3. The largest absolute Gasteiger partial charge is 0.356 e. The molecule has 0 radical (unpaired) electrons. The number of nitrogens with one attached hydrogen (secondary N) is 1. The lowest BCUT2D eigenvalue weighted by Crippen LogP contribution is -2.30. The van der Waals surface area contributed by atoms with Crippen molar-refractivity contribution in [1.29, 1.82) is 0 Å². The van der Waals surface area contributed by atoms with Gasteiger partial charge in [0.05, 0.1) is 0 Å². The highest BCUT2D eigenvalue weighted by molar-refractivity contribution is 7.98. The van der Waals surface area contributed by atoms with Gasteiger partial charge in [0.1, 0.15) is 5.82 Å². The predicted molar refractivity (Wildman–Crippen MR) is 137 cm³/mol. The molecular formula is C27H42N4OS. The molecule has 0 atom stereocenters. The van der Waals surface area contributed by atoms with Crippen LogP contribution in [0.5, 0.6) is 0 Å². The number of aromatic nitrogens is 3. The Kier molecular flexibility index (Phi) is 9.42. The van der Waals surface area contributed by atoms with Crippen LogP contribution in [0.15, 0.2) is 23.4 Å². The Morgan fingerprint density at radius 3 is 2.48 bits per heavy atom. The van der Waals surface area contributed by atoms with Crippen LogP contribution in [-0.4, -0.2) is 27.2 Å². The van der Waals surface area contributed by atoms with Crippen LogP contribution >= 0.6 is 11.8 Å². The van der Waals surface area contributed by atoms with Crippen LogP contribution in [0.3, 0.4) is 0 Å². The summed E-state index contributed by atoms with van der Waals surface area (Å²) in [5.41, 5.74) is 4.30. The zero-order chi connectivity index (χ0) is 23.8. The predicted octanol–water partition coefficient (Wildman–Crippen LogP) is 6.25. The van der Waals surface area contributed by atoms with Crippen molar-refractivity contribution >= 4 is 17.7 Å². The van der Waals surface area contributed by atoms with Gasteiger partial charge in [0.2, 0.25) is 5.91 Å². The Labute approximate surface area is 204 Å². The summed E-state index contributed by atoms with van der Waals surface area (Å²) in [5, 5.41) is 13.0. The van der Waals surface area contributed by atoms with Gasteiger partial charge in [-0.15, -0.1) is 10.2 Å². The minimum Gasteiger partial charge on any atom is -0.356 e. The third kappa shape index (κ3) is 8.16. The first kappa shape index (κ1) is 25.8. The maximum Gasteiger partial charge on any atom is 0.220 e. The van der Waals surface area contributed by atoms with Crippen LogP contribution in [0.4, 0.5) is 0 Å². The van der Waals surface area contributed by atoms with Gasteiger partial charge in [-0.3, -0.25) is 4.79 Å². The van der Waals surface area contributed by atoms with Gasteiger partial charge in [0, 0.05) is 31.7 Å². The van der Waals surface area contributed by atoms with Crippen molar-refractivity contribution in [3.8, 4) is 0 Å². The van der Waals surface area contributed by atoms with E-state index in [1.54, 1.807) is 11.8 Å². The lowest BCUT2D eigenvalue weighted by Gasteiger charge is -2.33. The second-order valence-corrected chi connectivity index (χ2v) is 11.6. The van der Waals surface area contributed by atoms with E-state index >= 15 is 0 Å². The molecule has 182 valence electrons. The van der Waals surface area contributed by atoms with Crippen molar-refractivity contribution in [2.24, 2.45) is 11.3 Å². The number of thioether (sulfide) groups is 1. The monoisotopic (exact) mass is 470 g/mol. The van der Waals surface area contributed by atoms with Crippen molar-refractivity contribution in [2.45, 2.75) is 103 Å². The Bertz CT molecular complexity index is 895. The standard InChI is InChI=1S/C27H42N4OS/c1-20(2)18-31-24(9-10-25(32)28-14-13-27(5)11-7-6-8-12-27)29-30-26(31)33-19-23-16-21(3)15-22(4)17-23/h15-17,20H,6-14,18-19H2,1-5H3,(H,28,32). The summed E-state index contributed by atoms with van der Waals surface area (Å²) >= 11 is 1.73. The number of aryl methyl sites for hydroxylation is 3. The molecule has 1 aliphatic carbocycles. The van der Waals surface area contributed by atoms with Crippen molar-refractivity contribution in [3.63, 3.8) is 0 Å². The van der Waals surface area contributed by atoms with Gasteiger partial charge in [-0.1, -0.05) is 81.1 Å². The van der Waals surface area contributed by atoms with Gasteiger partial charge >= 0.3 is 0 Å². The van der Waals surface area contributed by atoms with Crippen molar-refractivity contribution in [3.05, 3.63) is 40.7 Å². The SMILES string of the molecule is Cc1cc(C)cc(CSc2nnc(CCC(=O)NCCC3(C)CCCCC3)n2CC(C)C)c1. The molecule has 2 aromatic rings. The molecule has 6 heteroatoms. The van der Waals surface area contributed by atoms with Gasteiger partial charge in [-0.05, 0) is 50.0 Å². The van der Waals surface area contributed by atoms with Gasteiger partial charge in [-0.2, -0.15) is 0 Å². The first-order chi connectivity index (χ1) is 15.7. The quantitative estimate of drug-likeness (QED) is 0.394. The average molecular weight is 471 g/mol. The van der Waals surface area contributed by atoms with E-state index in [1.165, 1.54) is 48.8 Å². The zero-order valence-electron chi connectivity index (χ0n) is 21.2. The van der Waals surface area contributed by atoms with Gasteiger partial charge in [0.15, 0.2) is 5.16 Å². The molecule has 1 aliphatic rings. The van der Waals surface area contributed by atoms with Crippen LogP contribution in [0.2, 0.25) is 0 Å². The number of carbonyl (C=O) groups excluding carboxylic acids is 1. The first-order valence-corrected chi connectivity index (χ1v) is 13.6. The molecule has 1 heterocycles. The molecule has 0 unspecified atom stereocenters. The zero-order valence-corrected chi connectivity index (χ0v) is 22.1. The Hall–Kier alpha value is -1.82. The lowest BCUT2D eigenvalue weighted by atomic mass is 9.73. The molecule has 0 saturated heterocycles. The van der Waals surface area contributed by atoms with Gasteiger partial charge < -0.3 is 9.88 Å². The summed E-state index contributed by atoms with van der Waals surface area (Å²) < 4.78 is 2.22. The lowest BCUT2D eigenvalue weighted by molar-refractivity contribution is -0.121. The molecule has 5 nitrogen and oxygen atoms in total. The summed E-state index contributed by atoms with van der Waals surface area (Å²) in [7, 11) is 0. The molecule has 1 aromatic heterocycles. The van der Waals surface area contributed by atoms with E-state index in [2.05, 4.69) is 72.9 Å². The van der Waals surface area contributed by atoms with Crippen LogP contribution in [0.1, 0.15) is 88.2 Å². The highest BCUT2D eigenvalue weighted by Crippen LogP contribution is 2.38. The van der Waals surface area contributed by atoms with Crippen molar-refractivity contribution in [1.82, 2.24) is 20.1 Å². The smallest absolute Gasteiger partial charge is 0.220 e. The summed E-state index contributed by atoms with van der Waals surface area (Å²) in [6.07, 6.45) is 8.81. The van der Waals surface area contributed by atoms with E-state index in [-0.39, 0.29) is 5.91 Å². The Balaban J connectivity index is 1.53. The van der Waals surface area contributed by atoms with Gasteiger partial charge in [-0.25, -0.2) is 0 Å². The van der Waals surface area contributed by atoms with Gasteiger partial charge in [0.25, 0.3) is 0 Å². The van der Waals surface area contributed by atoms with E-state index in [0.717, 1.165) is 36.2 Å². The summed E-state index contributed by atoms with van der Waals surface area (Å²) in [6.45, 7) is 12.7. The molecule has 0 bridgehead atoms. The van der Waals surface area contributed by atoms with Crippen molar-refractivity contribution in [2.75, 3.05) is 6.54 Å². The Morgan fingerprint density at radius 2 is 1.82 bits per heavy atom. The third-order valence-electron chi connectivity index (χ3n) is 6.68. The molecule has 1 N–H and O–H groups in total. The second-order valence-electron chi connectivity index (χ2n) is 10.7. The van der Waals surface area contributed by atoms with E-state index in [0.29, 0.717) is 24.2 Å². The fourth-order valence-electron chi connectivity index (χ4n) is 4.93. The number of hydrogen-bond acceptors (Lipinski definition) is 4. The number of carbonyl (C=O) groups is 1. The summed E-state index contributed by atoms with van der Waals surface area (Å²) in [6, 6.07) is 6.68. The number of benzene rings is 1. The van der Waals surface area contributed by atoms with E-state index < -0.39 is 0 Å².